The molecule has 0 unspecified atom stereocenters. The number of fused-ring (bicyclic) bond motifs is 1. The molecule has 0 spiro atoms. The van der Waals surface area contributed by atoms with E-state index in [-0.39, 0.29) is 18.3 Å². The summed E-state index contributed by atoms with van der Waals surface area (Å²) in [4.78, 5) is 24.5. The van der Waals surface area contributed by atoms with Crippen LogP contribution in [0.2, 0.25) is 0 Å². The second kappa shape index (κ2) is 9.91. The molecule has 0 saturated heterocycles. The number of carbonyl (C=O) groups is 1. The third-order valence-electron chi connectivity index (χ3n) is 5.15. The lowest BCUT2D eigenvalue weighted by molar-refractivity contribution is -0.123. The van der Waals surface area contributed by atoms with Crippen molar-refractivity contribution < 1.29 is 23.8 Å². The van der Waals surface area contributed by atoms with Crippen molar-refractivity contribution >= 4 is 16.9 Å². The second-order valence-electron chi connectivity index (χ2n) is 7.41. The van der Waals surface area contributed by atoms with Gasteiger partial charge in [0, 0.05) is 11.9 Å². The molecule has 0 radical (unpaired) electrons. The first-order valence-corrected chi connectivity index (χ1v) is 10.4. The molecular weight excluding hydrogens is 422 g/mol. The number of ether oxygens (including phenoxy) is 2. The molecule has 7 heteroatoms. The monoisotopic (exact) mass is 445 g/mol. The van der Waals surface area contributed by atoms with Gasteiger partial charge in [-0.05, 0) is 53.9 Å². The fourth-order valence-corrected chi connectivity index (χ4v) is 3.42. The minimum absolute atomic E-state index is 0.118. The quantitative estimate of drug-likeness (QED) is 0.399. The molecule has 0 aliphatic carbocycles. The van der Waals surface area contributed by atoms with E-state index in [2.05, 4.69) is 5.32 Å². The average molecular weight is 445 g/mol. The summed E-state index contributed by atoms with van der Waals surface area (Å²) in [6, 6.07) is 20.9. The predicted octanol–water partition coefficient (Wildman–Crippen LogP) is 3.91. The zero-order chi connectivity index (χ0) is 23.2. The number of aromatic hydroxyl groups is 1. The molecule has 0 fully saturated rings. The van der Waals surface area contributed by atoms with E-state index in [9.17, 15) is 14.7 Å². The molecule has 4 rings (SSSR count). The molecule has 1 aromatic heterocycles. The Bertz CT molecular complexity index is 1310. The Kier molecular flexibility index (Phi) is 6.59. The van der Waals surface area contributed by atoms with Crippen LogP contribution in [0.1, 0.15) is 5.56 Å². The van der Waals surface area contributed by atoms with Crippen molar-refractivity contribution in [2.24, 2.45) is 0 Å². The summed E-state index contributed by atoms with van der Waals surface area (Å²) in [6.45, 7) is 0.348. The van der Waals surface area contributed by atoms with Gasteiger partial charge in [0.25, 0.3) is 5.91 Å². The maximum absolute atomic E-state index is 12.5. The third-order valence-corrected chi connectivity index (χ3v) is 5.15. The number of rotatable bonds is 8. The molecule has 0 aliphatic heterocycles. The van der Waals surface area contributed by atoms with Gasteiger partial charge < -0.3 is 24.3 Å². The van der Waals surface area contributed by atoms with Crippen LogP contribution in [0, 0.1) is 0 Å². The lowest BCUT2D eigenvalue weighted by Gasteiger charge is -2.09. The molecule has 33 heavy (non-hydrogen) atoms. The highest BCUT2D eigenvalue weighted by Crippen LogP contribution is 2.28. The van der Waals surface area contributed by atoms with Crippen LogP contribution in [0.25, 0.3) is 22.1 Å². The lowest BCUT2D eigenvalue weighted by Crippen LogP contribution is -2.30. The molecule has 7 nitrogen and oxygen atoms in total. The van der Waals surface area contributed by atoms with Crippen molar-refractivity contribution in [1.82, 2.24) is 5.32 Å². The smallest absolute Gasteiger partial charge is 0.344 e. The van der Waals surface area contributed by atoms with Crippen molar-refractivity contribution in [3.05, 3.63) is 88.8 Å². The van der Waals surface area contributed by atoms with Crippen molar-refractivity contribution in [3.8, 4) is 28.4 Å². The summed E-state index contributed by atoms with van der Waals surface area (Å²) in [5.41, 5.74) is 2.06. The van der Waals surface area contributed by atoms with Crippen molar-refractivity contribution in [2.45, 2.75) is 6.42 Å². The van der Waals surface area contributed by atoms with Gasteiger partial charge in [-0.25, -0.2) is 4.79 Å². The molecule has 4 aromatic rings. The van der Waals surface area contributed by atoms with E-state index in [1.165, 1.54) is 7.11 Å². The fourth-order valence-electron chi connectivity index (χ4n) is 3.42. The molecular formula is C26H23NO6. The van der Waals surface area contributed by atoms with Gasteiger partial charge in [-0.3, -0.25) is 4.79 Å². The molecule has 0 saturated carbocycles. The maximum Gasteiger partial charge on any atom is 0.344 e. The van der Waals surface area contributed by atoms with Gasteiger partial charge >= 0.3 is 5.63 Å². The first kappa shape index (κ1) is 22.0. The molecule has 2 N–H and O–H groups in total. The molecule has 0 bridgehead atoms. The lowest BCUT2D eigenvalue weighted by atomic mass is 10.1. The van der Waals surface area contributed by atoms with Gasteiger partial charge in [0.05, 0.1) is 12.7 Å². The Morgan fingerprint density at radius 2 is 1.79 bits per heavy atom. The van der Waals surface area contributed by atoms with E-state index in [4.69, 9.17) is 13.9 Å². The zero-order valence-electron chi connectivity index (χ0n) is 18.0. The number of amides is 1. The summed E-state index contributed by atoms with van der Waals surface area (Å²) in [7, 11) is 1.53. The normalized spacial score (nSPS) is 10.7. The summed E-state index contributed by atoms with van der Waals surface area (Å²) < 4.78 is 16.3. The Hall–Kier alpha value is -4.26. The highest BCUT2D eigenvalue weighted by molar-refractivity contribution is 5.86. The van der Waals surface area contributed by atoms with Crippen LogP contribution in [0.3, 0.4) is 0 Å². The highest BCUT2D eigenvalue weighted by Gasteiger charge is 2.11. The molecule has 1 amide bonds. The number of methoxy groups -OCH3 is 1. The second-order valence-corrected chi connectivity index (χ2v) is 7.41. The number of phenolic OH excluding ortho intramolecular Hbond substituents is 1. The van der Waals surface area contributed by atoms with Crippen molar-refractivity contribution in [3.63, 3.8) is 0 Å². The van der Waals surface area contributed by atoms with Crippen molar-refractivity contribution in [1.29, 1.82) is 0 Å². The molecule has 0 aliphatic rings. The summed E-state index contributed by atoms with van der Waals surface area (Å²) in [6.07, 6.45) is 0.654. The van der Waals surface area contributed by atoms with E-state index >= 15 is 0 Å². The number of nitrogens with one attached hydrogen (secondary N) is 1. The predicted molar refractivity (Wildman–Crippen MR) is 125 cm³/mol. The van der Waals surface area contributed by atoms with Gasteiger partial charge in [0.2, 0.25) is 0 Å². The van der Waals surface area contributed by atoms with Crippen LogP contribution in [0.4, 0.5) is 0 Å². The van der Waals surface area contributed by atoms with Crippen LogP contribution < -0.4 is 20.4 Å². The first-order chi connectivity index (χ1) is 16.0. The standard InChI is InChI=1S/C26H23NO6/c1-31-23-4-2-3-19-15-22(26(30)33-25(19)23)18-7-11-21(12-8-18)32-16-24(29)27-14-13-17-5-9-20(28)10-6-17/h2-12,15,28H,13-14,16H2,1H3,(H,27,29). The largest absolute Gasteiger partial charge is 0.508 e. The molecule has 3 aromatic carbocycles. The number of hydrogen-bond donors (Lipinski definition) is 2. The minimum Gasteiger partial charge on any atom is -0.508 e. The summed E-state index contributed by atoms with van der Waals surface area (Å²) in [5.74, 6) is 0.992. The van der Waals surface area contributed by atoms with E-state index in [0.717, 1.165) is 10.9 Å². The highest BCUT2D eigenvalue weighted by atomic mass is 16.5. The Labute approximate surface area is 190 Å². The van der Waals surface area contributed by atoms with Gasteiger partial charge in [-0.15, -0.1) is 0 Å². The van der Waals surface area contributed by atoms with Crippen LogP contribution in [-0.2, 0) is 11.2 Å². The van der Waals surface area contributed by atoms with Crippen molar-refractivity contribution in [2.75, 3.05) is 20.3 Å². The first-order valence-electron chi connectivity index (χ1n) is 10.4. The number of para-hydroxylation sites is 1. The Morgan fingerprint density at radius 1 is 1.03 bits per heavy atom. The number of carbonyl (C=O) groups excluding carboxylic acids is 1. The Balaban J connectivity index is 1.34. The van der Waals surface area contributed by atoms with E-state index in [0.29, 0.717) is 41.2 Å². The van der Waals surface area contributed by atoms with E-state index in [1.807, 2.05) is 24.3 Å². The van der Waals surface area contributed by atoms with Crippen LogP contribution in [0.5, 0.6) is 17.2 Å². The fraction of sp³-hybridized carbons (Fsp3) is 0.154. The average Bonchev–Trinajstić information content (AvgIpc) is 2.83. The number of phenols is 1. The summed E-state index contributed by atoms with van der Waals surface area (Å²) >= 11 is 0. The van der Waals surface area contributed by atoms with E-state index < -0.39 is 5.63 Å². The summed E-state index contributed by atoms with van der Waals surface area (Å²) in [5, 5.41) is 12.8. The third kappa shape index (κ3) is 5.33. The van der Waals surface area contributed by atoms with Crippen LogP contribution in [-0.4, -0.2) is 31.3 Å². The number of hydrogen-bond acceptors (Lipinski definition) is 6. The molecule has 168 valence electrons. The molecule has 0 atom stereocenters. The topological polar surface area (TPSA) is 98.0 Å². The Morgan fingerprint density at radius 3 is 2.52 bits per heavy atom. The van der Waals surface area contributed by atoms with Crippen LogP contribution >= 0.6 is 0 Å². The van der Waals surface area contributed by atoms with E-state index in [1.54, 1.807) is 48.5 Å². The maximum atomic E-state index is 12.5. The van der Waals surface area contributed by atoms with Gasteiger partial charge in [0.15, 0.2) is 17.9 Å². The van der Waals surface area contributed by atoms with Gasteiger partial charge in [-0.2, -0.15) is 0 Å². The minimum atomic E-state index is -0.464. The SMILES string of the molecule is COc1cccc2cc(-c3ccc(OCC(=O)NCCc4ccc(O)cc4)cc3)c(=O)oc12. The van der Waals surface area contributed by atoms with Gasteiger partial charge in [-0.1, -0.05) is 36.4 Å². The van der Waals surface area contributed by atoms with Crippen LogP contribution in [0.15, 0.2) is 82.0 Å². The molecule has 1 heterocycles. The number of benzene rings is 3. The zero-order valence-corrected chi connectivity index (χ0v) is 18.0. The van der Waals surface area contributed by atoms with Gasteiger partial charge in [0.1, 0.15) is 11.5 Å².